The average molecular weight is 154 g/mol. The molecule has 1 aromatic rings. The first-order valence-electron chi connectivity index (χ1n) is 2.64. The van der Waals surface area contributed by atoms with Gasteiger partial charge in [-0.25, -0.2) is 0 Å². The summed E-state index contributed by atoms with van der Waals surface area (Å²) in [5.74, 6) is 0.382. The maximum absolute atomic E-state index is 8.41. The van der Waals surface area contributed by atoms with E-state index in [9.17, 15) is 0 Å². The van der Waals surface area contributed by atoms with Crippen LogP contribution in [0, 0.1) is 23.0 Å². The van der Waals surface area contributed by atoms with Crippen molar-refractivity contribution in [2.75, 3.05) is 5.73 Å². The second-order valence-corrected chi connectivity index (χ2v) is 2.29. The summed E-state index contributed by atoms with van der Waals surface area (Å²) in [6, 6.07) is 0. The fraction of sp³-hybridized carbons (Fsp3) is 0.200. The fourth-order valence-electron chi connectivity index (χ4n) is 0.609. The Morgan fingerprint density at radius 1 is 1.80 bits per heavy atom. The van der Waals surface area contributed by atoms with Crippen LogP contribution in [-0.2, 0) is 0 Å². The molecule has 0 atom stereocenters. The molecule has 1 aromatic heterocycles. The number of hydrogen-bond acceptors (Lipinski definition) is 3. The Balaban J connectivity index is 3.50. The van der Waals surface area contributed by atoms with E-state index in [0.29, 0.717) is 10.5 Å². The van der Waals surface area contributed by atoms with Gasteiger partial charge >= 0.3 is 0 Å². The van der Waals surface area contributed by atoms with Gasteiger partial charge in [-0.2, -0.15) is 9.94 Å². The SMILES string of the molecule is Cc1c(N)n(C#N)[nH]c1=S. The molecule has 0 aliphatic rings. The molecule has 0 bridgehead atoms. The Hall–Kier alpha value is -1.28. The van der Waals surface area contributed by atoms with E-state index in [2.05, 4.69) is 5.10 Å². The first kappa shape index (κ1) is 6.83. The molecule has 0 unspecified atom stereocenters. The van der Waals surface area contributed by atoms with Crippen molar-refractivity contribution in [2.45, 2.75) is 6.92 Å². The molecule has 10 heavy (non-hydrogen) atoms. The van der Waals surface area contributed by atoms with E-state index in [1.807, 2.05) is 6.19 Å². The molecule has 1 rings (SSSR count). The minimum Gasteiger partial charge on any atom is -0.383 e. The molecule has 0 spiro atoms. The van der Waals surface area contributed by atoms with E-state index in [-0.39, 0.29) is 0 Å². The number of rotatable bonds is 0. The topological polar surface area (TPSA) is 70.5 Å². The van der Waals surface area contributed by atoms with E-state index in [0.717, 1.165) is 10.2 Å². The maximum Gasteiger partial charge on any atom is 0.206 e. The van der Waals surface area contributed by atoms with Gasteiger partial charge in [0.1, 0.15) is 10.5 Å². The summed E-state index contributed by atoms with van der Waals surface area (Å²) in [5, 5.41) is 11.0. The van der Waals surface area contributed by atoms with E-state index in [1.54, 1.807) is 6.92 Å². The molecular formula is C5H6N4S. The van der Waals surface area contributed by atoms with Crippen molar-refractivity contribution in [2.24, 2.45) is 0 Å². The molecule has 5 heteroatoms. The van der Waals surface area contributed by atoms with Gasteiger partial charge < -0.3 is 5.73 Å². The molecule has 52 valence electrons. The minimum atomic E-state index is 0.382. The lowest BCUT2D eigenvalue weighted by molar-refractivity contribution is 0.902. The molecule has 4 nitrogen and oxygen atoms in total. The molecule has 0 amide bonds. The number of nitrogens with one attached hydrogen (secondary N) is 1. The van der Waals surface area contributed by atoms with Crippen molar-refractivity contribution in [3.05, 3.63) is 10.2 Å². The summed E-state index contributed by atoms with van der Waals surface area (Å²) in [6.45, 7) is 1.77. The van der Waals surface area contributed by atoms with Crippen molar-refractivity contribution < 1.29 is 0 Å². The van der Waals surface area contributed by atoms with Crippen LogP contribution < -0.4 is 5.73 Å². The molecule has 0 radical (unpaired) electrons. The van der Waals surface area contributed by atoms with Crippen LogP contribution in [0.4, 0.5) is 5.82 Å². The maximum atomic E-state index is 8.41. The van der Waals surface area contributed by atoms with Gasteiger partial charge in [-0.15, -0.1) is 0 Å². The number of aromatic nitrogens is 2. The number of hydrogen-bond donors (Lipinski definition) is 2. The second-order valence-electron chi connectivity index (χ2n) is 1.89. The fourth-order valence-corrected chi connectivity index (χ4v) is 0.804. The van der Waals surface area contributed by atoms with E-state index in [4.69, 9.17) is 23.2 Å². The number of aromatic amines is 1. The highest BCUT2D eigenvalue weighted by Crippen LogP contribution is 2.09. The third-order valence-electron chi connectivity index (χ3n) is 1.28. The zero-order chi connectivity index (χ0) is 7.72. The predicted octanol–water partition coefficient (Wildman–Crippen LogP) is 0.765. The largest absolute Gasteiger partial charge is 0.383 e. The van der Waals surface area contributed by atoms with Crippen molar-refractivity contribution in [3.8, 4) is 6.19 Å². The first-order chi connectivity index (χ1) is 4.66. The van der Waals surface area contributed by atoms with E-state index >= 15 is 0 Å². The van der Waals surface area contributed by atoms with Crippen LogP contribution >= 0.6 is 12.2 Å². The summed E-state index contributed by atoms with van der Waals surface area (Å²) in [4.78, 5) is 0. The number of H-pyrrole nitrogens is 1. The van der Waals surface area contributed by atoms with Gasteiger partial charge in [0.2, 0.25) is 6.19 Å². The average Bonchev–Trinajstić information content (AvgIpc) is 2.17. The quantitative estimate of drug-likeness (QED) is 0.542. The summed E-state index contributed by atoms with van der Waals surface area (Å²) < 4.78 is 1.65. The third kappa shape index (κ3) is 0.786. The summed E-state index contributed by atoms with van der Waals surface area (Å²) in [6.07, 6.45) is 1.83. The molecule has 1 heterocycles. The molecule has 3 N–H and O–H groups in total. The highest BCUT2D eigenvalue weighted by atomic mass is 32.1. The summed E-state index contributed by atoms with van der Waals surface area (Å²) >= 11 is 4.82. The van der Waals surface area contributed by atoms with E-state index in [1.165, 1.54) is 0 Å². The summed E-state index contributed by atoms with van der Waals surface area (Å²) in [7, 11) is 0. The van der Waals surface area contributed by atoms with Crippen LogP contribution in [0.25, 0.3) is 0 Å². The smallest absolute Gasteiger partial charge is 0.206 e. The second kappa shape index (κ2) is 2.15. The number of anilines is 1. The molecule has 0 aromatic carbocycles. The highest BCUT2D eigenvalue weighted by Gasteiger charge is 2.01. The van der Waals surface area contributed by atoms with Crippen LogP contribution in [-0.4, -0.2) is 9.78 Å². The zero-order valence-electron chi connectivity index (χ0n) is 5.38. The van der Waals surface area contributed by atoms with Gasteiger partial charge in [0.05, 0.1) is 0 Å². The Labute approximate surface area is 62.9 Å². The van der Waals surface area contributed by atoms with Crippen molar-refractivity contribution in [3.63, 3.8) is 0 Å². The summed E-state index contributed by atoms with van der Waals surface area (Å²) in [5.41, 5.74) is 6.20. The van der Waals surface area contributed by atoms with Crippen LogP contribution in [0.1, 0.15) is 5.56 Å². The first-order valence-corrected chi connectivity index (χ1v) is 3.05. The third-order valence-corrected chi connectivity index (χ3v) is 1.68. The molecular weight excluding hydrogens is 148 g/mol. The minimum absolute atomic E-state index is 0.382. The van der Waals surface area contributed by atoms with Gasteiger partial charge in [-0.3, -0.25) is 5.10 Å². The van der Waals surface area contributed by atoms with E-state index < -0.39 is 0 Å². The van der Waals surface area contributed by atoms with Crippen LogP contribution in [0.3, 0.4) is 0 Å². The Morgan fingerprint density at radius 2 is 2.40 bits per heavy atom. The number of nitrogens with two attached hydrogens (primary N) is 1. The monoisotopic (exact) mass is 154 g/mol. The predicted molar refractivity (Wildman–Crippen MR) is 39.8 cm³/mol. The van der Waals surface area contributed by atoms with Gasteiger partial charge in [0, 0.05) is 5.56 Å². The Morgan fingerprint density at radius 3 is 2.60 bits per heavy atom. The lowest BCUT2D eigenvalue weighted by atomic mass is 10.4. The van der Waals surface area contributed by atoms with Gasteiger partial charge in [-0.05, 0) is 6.92 Å². The van der Waals surface area contributed by atoms with Crippen LogP contribution in [0.5, 0.6) is 0 Å². The van der Waals surface area contributed by atoms with Gasteiger partial charge in [0.25, 0.3) is 0 Å². The zero-order valence-corrected chi connectivity index (χ0v) is 6.20. The number of nitrogens with zero attached hydrogens (tertiary/aromatic N) is 2. The Bertz CT molecular complexity index is 340. The van der Waals surface area contributed by atoms with Crippen molar-refractivity contribution in [1.82, 2.24) is 9.78 Å². The normalized spacial score (nSPS) is 9.20. The van der Waals surface area contributed by atoms with Crippen LogP contribution in [0.2, 0.25) is 0 Å². The van der Waals surface area contributed by atoms with Gasteiger partial charge in [0.15, 0.2) is 0 Å². The van der Waals surface area contributed by atoms with Gasteiger partial charge in [-0.1, -0.05) is 12.2 Å². The Kier molecular flexibility index (Phi) is 1.47. The number of nitrogen functional groups attached to an aromatic ring is 1. The molecule has 0 saturated carbocycles. The standard InChI is InChI=1S/C5H6N4S/c1-3-4(7)9(2-6)8-5(3)10/h7H2,1H3,(H,8,10). The molecule has 0 saturated heterocycles. The van der Waals surface area contributed by atoms with Crippen molar-refractivity contribution >= 4 is 18.0 Å². The molecule has 0 fully saturated rings. The number of nitriles is 1. The lowest BCUT2D eigenvalue weighted by Gasteiger charge is -1.88. The van der Waals surface area contributed by atoms with Crippen molar-refractivity contribution in [1.29, 1.82) is 5.26 Å². The molecule has 0 aliphatic carbocycles. The highest BCUT2D eigenvalue weighted by molar-refractivity contribution is 7.71. The lowest BCUT2D eigenvalue weighted by Crippen LogP contribution is -1.97. The van der Waals surface area contributed by atoms with Crippen LogP contribution in [0.15, 0.2) is 0 Å². The molecule has 0 aliphatic heterocycles.